The van der Waals surface area contributed by atoms with Gasteiger partial charge in [0, 0.05) is 24.1 Å². The van der Waals surface area contributed by atoms with Gasteiger partial charge in [0.2, 0.25) is 0 Å². The maximum atomic E-state index is 9.64. The van der Waals surface area contributed by atoms with Crippen LogP contribution in [0.2, 0.25) is 0 Å². The third-order valence-electron chi connectivity index (χ3n) is 2.30. The average molecular weight is 287 g/mol. The summed E-state index contributed by atoms with van der Waals surface area (Å²) in [6.07, 6.45) is -0.317. The molecule has 0 aliphatic heterocycles. The number of nitrogens with one attached hydrogen (secondary N) is 1. The van der Waals surface area contributed by atoms with Crippen LogP contribution in [0, 0.1) is 0 Å². The molecule has 0 bridgehead atoms. The molecule has 0 saturated heterocycles. The first-order valence-corrected chi connectivity index (χ1v) is 6.16. The molecule has 1 rings (SSSR count). The van der Waals surface area contributed by atoms with E-state index in [-0.39, 0.29) is 6.10 Å². The third kappa shape index (κ3) is 5.07. The van der Waals surface area contributed by atoms with Gasteiger partial charge in [0.1, 0.15) is 0 Å². The van der Waals surface area contributed by atoms with Crippen molar-refractivity contribution in [2.75, 3.05) is 27.2 Å². The first kappa shape index (κ1) is 13.6. The summed E-state index contributed by atoms with van der Waals surface area (Å²) in [5, 5.41) is 12.6. The number of halogens is 1. The predicted octanol–water partition coefficient (Wildman–Crippen LogP) is 1.46. The van der Waals surface area contributed by atoms with Crippen LogP contribution in [0.25, 0.3) is 0 Å². The van der Waals surface area contributed by atoms with Crippen LogP contribution in [0.4, 0.5) is 0 Å². The predicted molar refractivity (Wildman–Crippen MR) is 70.4 cm³/mol. The van der Waals surface area contributed by atoms with Crippen LogP contribution in [-0.4, -0.2) is 43.3 Å². The van der Waals surface area contributed by atoms with Gasteiger partial charge in [0.25, 0.3) is 0 Å². The quantitative estimate of drug-likeness (QED) is 0.831. The van der Waals surface area contributed by atoms with Crippen molar-refractivity contribution in [2.45, 2.75) is 12.6 Å². The van der Waals surface area contributed by atoms with Gasteiger partial charge in [0.15, 0.2) is 0 Å². The first-order chi connectivity index (χ1) is 7.61. The van der Waals surface area contributed by atoms with Gasteiger partial charge < -0.3 is 10.4 Å². The molecule has 2 N–H and O–H groups in total. The fourth-order valence-corrected chi connectivity index (χ4v) is 2.12. The Balaban J connectivity index is 2.42. The minimum Gasteiger partial charge on any atom is -0.390 e. The second-order valence-electron chi connectivity index (χ2n) is 4.04. The van der Waals surface area contributed by atoms with Gasteiger partial charge >= 0.3 is 0 Å². The van der Waals surface area contributed by atoms with Crippen molar-refractivity contribution < 1.29 is 5.11 Å². The summed E-state index contributed by atoms with van der Waals surface area (Å²) >= 11 is 3.45. The number of nitrogens with zero attached hydrogens (tertiary/aromatic N) is 1. The van der Waals surface area contributed by atoms with Gasteiger partial charge in [0.05, 0.1) is 6.10 Å². The lowest BCUT2D eigenvalue weighted by Crippen LogP contribution is -2.35. The van der Waals surface area contributed by atoms with Crippen LogP contribution < -0.4 is 5.32 Å². The zero-order chi connectivity index (χ0) is 12.0. The molecule has 0 aliphatic rings. The molecular formula is C12H19BrN2O. The van der Waals surface area contributed by atoms with Crippen LogP contribution in [0.15, 0.2) is 28.7 Å². The van der Waals surface area contributed by atoms with Crippen LogP contribution in [0.3, 0.4) is 0 Å². The normalized spacial score (nSPS) is 13.1. The van der Waals surface area contributed by atoms with Crippen LogP contribution in [0.5, 0.6) is 0 Å². The van der Waals surface area contributed by atoms with Crippen molar-refractivity contribution in [3.05, 3.63) is 34.3 Å². The van der Waals surface area contributed by atoms with Gasteiger partial charge in [-0.05, 0) is 31.8 Å². The van der Waals surface area contributed by atoms with Crippen LogP contribution >= 0.6 is 15.9 Å². The van der Waals surface area contributed by atoms with Crippen molar-refractivity contribution in [1.82, 2.24) is 10.2 Å². The Morgan fingerprint density at radius 1 is 1.50 bits per heavy atom. The van der Waals surface area contributed by atoms with E-state index >= 15 is 0 Å². The molecule has 4 heteroatoms. The molecule has 0 fully saturated rings. The lowest BCUT2D eigenvalue weighted by atomic mass is 10.2. The van der Waals surface area contributed by atoms with Crippen molar-refractivity contribution in [3.63, 3.8) is 0 Å². The number of hydrogen-bond acceptors (Lipinski definition) is 3. The summed E-state index contributed by atoms with van der Waals surface area (Å²) in [5.74, 6) is 0. The summed E-state index contributed by atoms with van der Waals surface area (Å²) in [4.78, 5) is 2.11. The Bertz CT molecular complexity index is 320. The van der Waals surface area contributed by atoms with Gasteiger partial charge in [-0.2, -0.15) is 0 Å². The summed E-state index contributed by atoms with van der Waals surface area (Å²) < 4.78 is 1.09. The van der Waals surface area contributed by atoms with E-state index in [0.29, 0.717) is 13.1 Å². The standard InChI is InChI=1S/C12H19BrN2O/c1-14-7-12(16)9-15(2)8-10-4-3-5-11(13)6-10/h3-6,12,14,16H,7-9H2,1-2H3. The minimum atomic E-state index is -0.317. The van der Waals surface area contributed by atoms with Gasteiger partial charge in [-0.15, -0.1) is 0 Å². The van der Waals surface area contributed by atoms with E-state index in [1.807, 2.05) is 26.2 Å². The molecule has 1 aromatic carbocycles. The second-order valence-corrected chi connectivity index (χ2v) is 4.95. The second kappa shape index (κ2) is 7.01. The lowest BCUT2D eigenvalue weighted by molar-refractivity contribution is 0.123. The van der Waals surface area contributed by atoms with E-state index in [0.717, 1.165) is 11.0 Å². The SMILES string of the molecule is CNCC(O)CN(C)Cc1cccc(Br)c1. The molecule has 1 unspecified atom stereocenters. The molecule has 0 amide bonds. The number of aliphatic hydroxyl groups is 1. The molecule has 0 radical (unpaired) electrons. The van der Waals surface area contributed by atoms with Crippen LogP contribution in [-0.2, 0) is 6.54 Å². The van der Waals surface area contributed by atoms with E-state index in [4.69, 9.17) is 0 Å². The highest BCUT2D eigenvalue weighted by molar-refractivity contribution is 9.10. The fourth-order valence-electron chi connectivity index (χ4n) is 1.67. The monoisotopic (exact) mass is 286 g/mol. The smallest absolute Gasteiger partial charge is 0.0791 e. The Morgan fingerprint density at radius 3 is 2.88 bits per heavy atom. The topological polar surface area (TPSA) is 35.5 Å². The maximum absolute atomic E-state index is 9.64. The highest BCUT2D eigenvalue weighted by atomic mass is 79.9. The van der Waals surface area contributed by atoms with Crippen molar-refractivity contribution in [1.29, 1.82) is 0 Å². The molecule has 0 saturated carbocycles. The summed E-state index contributed by atoms with van der Waals surface area (Å²) in [7, 11) is 3.86. The molecule has 3 nitrogen and oxygen atoms in total. The summed E-state index contributed by atoms with van der Waals surface area (Å²) in [6, 6.07) is 8.23. The molecule has 0 aliphatic carbocycles. The molecule has 0 heterocycles. The molecule has 16 heavy (non-hydrogen) atoms. The molecule has 1 atom stereocenters. The third-order valence-corrected chi connectivity index (χ3v) is 2.80. The van der Waals surface area contributed by atoms with E-state index in [9.17, 15) is 5.11 Å². The Labute approximate surface area is 106 Å². The molecule has 90 valence electrons. The number of hydrogen-bond donors (Lipinski definition) is 2. The lowest BCUT2D eigenvalue weighted by Gasteiger charge is -2.20. The maximum Gasteiger partial charge on any atom is 0.0791 e. The zero-order valence-electron chi connectivity index (χ0n) is 9.78. The fraction of sp³-hybridized carbons (Fsp3) is 0.500. The van der Waals surface area contributed by atoms with Gasteiger partial charge in [-0.25, -0.2) is 0 Å². The van der Waals surface area contributed by atoms with E-state index in [2.05, 4.69) is 38.3 Å². The van der Waals surface area contributed by atoms with Crippen molar-refractivity contribution in [3.8, 4) is 0 Å². The first-order valence-electron chi connectivity index (χ1n) is 5.37. The Hall–Kier alpha value is -0.420. The highest BCUT2D eigenvalue weighted by Gasteiger charge is 2.07. The molecule has 0 spiro atoms. The zero-order valence-corrected chi connectivity index (χ0v) is 11.4. The van der Waals surface area contributed by atoms with Crippen molar-refractivity contribution >= 4 is 15.9 Å². The molecule has 1 aromatic rings. The minimum absolute atomic E-state index is 0.317. The van der Waals surface area contributed by atoms with Crippen molar-refractivity contribution in [2.24, 2.45) is 0 Å². The van der Waals surface area contributed by atoms with E-state index in [1.54, 1.807) is 0 Å². The number of benzene rings is 1. The summed E-state index contributed by atoms with van der Waals surface area (Å²) in [6.45, 7) is 2.15. The van der Waals surface area contributed by atoms with Gasteiger partial charge in [-0.3, -0.25) is 4.90 Å². The molecule has 0 aromatic heterocycles. The van der Waals surface area contributed by atoms with Gasteiger partial charge in [-0.1, -0.05) is 28.1 Å². The Kier molecular flexibility index (Phi) is 5.98. The Morgan fingerprint density at radius 2 is 2.25 bits per heavy atom. The highest BCUT2D eigenvalue weighted by Crippen LogP contribution is 2.12. The van der Waals surface area contributed by atoms with E-state index < -0.39 is 0 Å². The molecular weight excluding hydrogens is 268 g/mol. The average Bonchev–Trinajstić information content (AvgIpc) is 2.17. The summed E-state index contributed by atoms with van der Waals surface area (Å²) in [5.41, 5.74) is 1.24. The number of likely N-dealkylation sites (N-methyl/N-ethyl adjacent to an activating group) is 2. The van der Waals surface area contributed by atoms with E-state index in [1.165, 1.54) is 5.56 Å². The van der Waals surface area contributed by atoms with Crippen LogP contribution in [0.1, 0.15) is 5.56 Å². The number of rotatable bonds is 6. The number of aliphatic hydroxyl groups excluding tert-OH is 1. The largest absolute Gasteiger partial charge is 0.390 e.